The summed E-state index contributed by atoms with van der Waals surface area (Å²) in [7, 11) is -4.30. The van der Waals surface area contributed by atoms with Crippen molar-refractivity contribution in [2.24, 2.45) is 0 Å². The Hall–Kier alpha value is 0.240. The maximum atomic E-state index is 12.3. The Balaban J connectivity index is 2.98. The highest BCUT2D eigenvalue weighted by Gasteiger charge is 2.41. The van der Waals surface area contributed by atoms with Crippen molar-refractivity contribution < 1.29 is 21.6 Å². The van der Waals surface area contributed by atoms with Gasteiger partial charge in [0, 0.05) is 10.9 Å². The summed E-state index contributed by atoms with van der Waals surface area (Å²) in [5, 5.41) is 0. The van der Waals surface area contributed by atoms with Crippen LogP contribution in [0.3, 0.4) is 0 Å². The lowest BCUT2D eigenvalue weighted by Crippen LogP contribution is -2.44. The smallest absolute Gasteiger partial charge is 0.207 e. The van der Waals surface area contributed by atoms with Gasteiger partial charge in [-0.2, -0.15) is 17.9 Å². The van der Waals surface area contributed by atoms with Gasteiger partial charge in [-0.05, 0) is 19.1 Å². The Morgan fingerprint density at radius 1 is 1.42 bits per heavy atom. The van der Waals surface area contributed by atoms with E-state index >= 15 is 0 Å². The molecule has 0 saturated carbocycles. The van der Waals surface area contributed by atoms with Gasteiger partial charge in [0.05, 0.1) is 4.91 Å². The van der Waals surface area contributed by atoms with Crippen LogP contribution in [0.5, 0.6) is 0 Å². The second kappa shape index (κ2) is 5.55. The molecule has 0 aliphatic heterocycles. The van der Waals surface area contributed by atoms with Gasteiger partial charge in [0.15, 0.2) is 4.33 Å². The summed E-state index contributed by atoms with van der Waals surface area (Å²) < 4.78 is 61.0. The van der Waals surface area contributed by atoms with Crippen molar-refractivity contribution in [3.05, 3.63) is 21.5 Å². The molecule has 110 valence electrons. The zero-order chi connectivity index (χ0) is 15.1. The van der Waals surface area contributed by atoms with Crippen molar-refractivity contribution in [3.8, 4) is 0 Å². The first-order chi connectivity index (χ1) is 8.36. The van der Waals surface area contributed by atoms with E-state index in [4.69, 9.17) is 23.2 Å². The molecule has 1 aliphatic carbocycles. The highest BCUT2D eigenvalue weighted by molar-refractivity contribution is 9.11. The van der Waals surface area contributed by atoms with Crippen molar-refractivity contribution in [2.45, 2.75) is 29.9 Å². The van der Waals surface area contributed by atoms with Crippen LogP contribution in [0.2, 0.25) is 0 Å². The van der Waals surface area contributed by atoms with Gasteiger partial charge in [0.1, 0.15) is 6.04 Å². The Morgan fingerprint density at radius 2 is 1.95 bits per heavy atom. The number of hydrogen-bond acceptors (Lipinski definition) is 2. The molecular formula is C9H9BrCl2F3NO2S. The van der Waals surface area contributed by atoms with Gasteiger partial charge in [0.25, 0.3) is 0 Å². The van der Waals surface area contributed by atoms with Crippen LogP contribution < -0.4 is 4.72 Å². The summed E-state index contributed by atoms with van der Waals surface area (Å²) in [5.74, 6) is 0. The molecule has 0 heterocycles. The van der Waals surface area contributed by atoms with Crippen LogP contribution in [0.4, 0.5) is 13.2 Å². The lowest BCUT2D eigenvalue weighted by molar-refractivity contribution is -0.146. The molecule has 10 heteroatoms. The quantitative estimate of drug-likeness (QED) is 0.733. The molecule has 0 aromatic carbocycles. The van der Waals surface area contributed by atoms with E-state index in [0.29, 0.717) is 11.4 Å². The third-order valence-electron chi connectivity index (χ3n) is 2.33. The Labute approximate surface area is 127 Å². The molecule has 19 heavy (non-hydrogen) atoms. The van der Waals surface area contributed by atoms with Gasteiger partial charge >= 0.3 is 6.18 Å². The second-order valence-corrected chi connectivity index (χ2v) is 8.02. The standard InChI is InChI=1S/C9H9BrCl2F3NO2S/c1-5(9(13,14)15)16-19(17,18)6-2-3-7(10)8(11,12)4-6/h2-3,5,16H,4H2,1H3/t5-/m0/s1. The molecule has 3 nitrogen and oxygen atoms in total. The van der Waals surface area contributed by atoms with Crippen molar-refractivity contribution in [1.82, 2.24) is 4.72 Å². The number of alkyl halides is 5. The molecule has 0 bridgehead atoms. The van der Waals surface area contributed by atoms with E-state index in [0.717, 1.165) is 6.08 Å². The van der Waals surface area contributed by atoms with Crippen LogP contribution in [-0.4, -0.2) is 25.0 Å². The van der Waals surface area contributed by atoms with Crippen LogP contribution in [0, 0.1) is 0 Å². The van der Waals surface area contributed by atoms with Gasteiger partial charge in [-0.1, -0.05) is 39.1 Å². The highest BCUT2D eigenvalue weighted by atomic mass is 79.9. The van der Waals surface area contributed by atoms with Crippen LogP contribution >= 0.6 is 39.1 Å². The van der Waals surface area contributed by atoms with E-state index in [1.165, 1.54) is 10.8 Å². The summed E-state index contributed by atoms with van der Waals surface area (Å²) in [6.45, 7) is 0.710. The van der Waals surface area contributed by atoms with Crippen LogP contribution in [0.1, 0.15) is 13.3 Å². The molecule has 1 aliphatic rings. The Kier molecular flexibility index (Phi) is 5.06. The largest absolute Gasteiger partial charge is 0.404 e. The van der Waals surface area contributed by atoms with E-state index in [2.05, 4.69) is 15.9 Å². The fourth-order valence-electron chi connectivity index (χ4n) is 1.21. The zero-order valence-corrected chi connectivity index (χ0v) is 13.3. The predicted molar refractivity (Wildman–Crippen MR) is 71.7 cm³/mol. The van der Waals surface area contributed by atoms with Crippen molar-refractivity contribution in [3.63, 3.8) is 0 Å². The third-order valence-corrected chi connectivity index (χ3v) is 6.04. The average Bonchev–Trinajstić information content (AvgIpc) is 2.19. The summed E-state index contributed by atoms with van der Waals surface area (Å²) in [6, 6.07) is -2.20. The van der Waals surface area contributed by atoms with Crippen LogP contribution in [-0.2, 0) is 10.0 Å². The third kappa shape index (κ3) is 4.35. The van der Waals surface area contributed by atoms with Gasteiger partial charge in [-0.15, -0.1) is 0 Å². The number of halogens is 6. The highest BCUT2D eigenvalue weighted by Crippen LogP contribution is 2.43. The topological polar surface area (TPSA) is 46.2 Å². The molecule has 1 atom stereocenters. The zero-order valence-electron chi connectivity index (χ0n) is 9.43. The van der Waals surface area contributed by atoms with E-state index in [1.54, 1.807) is 0 Å². The normalized spacial score (nSPS) is 21.6. The number of rotatable bonds is 3. The molecule has 0 aromatic heterocycles. The summed E-state index contributed by atoms with van der Waals surface area (Å²) in [5.41, 5.74) is 0. The molecule has 0 aromatic rings. The molecule has 0 saturated heterocycles. The first-order valence-corrected chi connectivity index (χ1v) is 7.93. The fraction of sp³-hybridized carbons (Fsp3) is 0.556. The SMILES string of the molecule is C[C@H](NS(=O)(=O)C1=CC=C(Br)C(Cl)(Cl)C1)C(F)(F)F. The first kappa shape index (κ1) is 17.3. The van der Waals surface area contributed by atoms with Crippen molar-refractivity contribution >= 4 is 49.2 Å². The number of hydrogen-bond donors (Lipinski definition) is 1. The maximum absolute atomic E-state index is 12.3. The van der Waals surface area contributed by atoms with Crippen LogP contribution in [0.15, 0.2) is 21.5 Å². The van der Waals surface area contributed by atoms with Gasteiger partial charge in [-0.25, -0.2) is 8.42 Å². The lowest BCUT2D eigenvalue weighted by Gasteiger charge is -2.25. The number of sulfonamides is 1. The molecule has 0 radical (unpaired) electrons. The first-order valence-electron chi connectivity index (χ1n) is 4.90. The van der Waals surface area contributed by atoms with E-state index in [9.17, 15) is 21.6 Å². The fourth-order valence-corrected chi connectivity index (χ4v) is 3.46. The molecule has 0 fully saturated rings. The lowest BCUT2D eigenvalue weighted by atomic mass is 10.2. The maximum Gasteiger partial charge on any atom is 0.404 e. The molecule has 1 rings (SSSR count). The van der Waals surface area contributed by atoms with E-state index in [-0.39, 0.29) is 11.3 Å². The molecule has 1 N–H and O–H groups in total. The van der Waals surface area contributed by atoms with Crippen LogP contribution in [0.25, 0.3) is 0 Å². The minimum atomic E-state index is -4.67. The molecule has 0 unspecified atom stereocenters. The van der Waals surface area contributed by atoms with Crippen molar-refractivity contribution in [2.75, 3.05) is 0 Å². The Morgan fingerprint density at radius 3 is 2.37 bits per heavy atom. The number of nitrogens with one attached hydrogen (secondary N) is 1. The van der Waals surface area contributed by atoms with Gasteiger partial charge in [0.2, 0.25) is 10.0 Å². The minimum absolute atomic E-state index is 0.309. The summed E-state index contributed by atoms with van der Waals surface area (Å²) >= 11 is 14.7. The van der Waals surface area contributed by atoms with Crippen molar-refractivity contribution in [1.29, 1.82) is 0 Å². The van der Waals surface area contributed by atoms with E-state index < -0.39 is 26.6 Å². The van der Waals surface area contributed by atoms with E-state index in [1.807, 2.05) is 0 Å². The molecule has 0 amide bonds. The monoisotopic (exact) mass is 401 g/mol. The minimum Gasteiger partial charge on any atom is -0.207 e. The Bertz CT molecular complexity index is 528. The predicted octanol–water partition coefficient (Wildman–Crippen LogP) is 3.60. The second-order valence-electron chi connectivity index (χ2n) is 3.91. The summed E-state index contributed by atoms with van der Waals surface area (Å²) in [6.07, 6.45) is -2.56. The molecular weight excluding hydrogens is 394 g/mol. The number of allylic oxidation sites excluding steroid dienone is 4. The average molecular weight is 403 g/mol. The van der Waals surface area contributed by atoms with Gasteiger partial charge < -0.3 is 0 Å². The molecule has 0 spiro atoms. The van der Waals surface area contributed by atoms with Gasteiger partial charge in [-0.3, -0.25) is 0 Å². The summed E-state index contributed by atoms with van der Waals surface area (Å²) in [4.78, 5) is -0.309.